The van der Waals surface area contributed by atoms with Crippen LogP contribution in [0.3, 0.4) is 0 Å². The van der Waals surface area contributed by atoms with Crippen LogP contribution in [0, 0.1) is 0 Å². The van der Waals surface area contributed by atoms with Crippen LogP contribution in [-0.4, -0.2) is 65.4 Å². The van der Waals surface area contributed by atoms with E-state index >= 15 is 0 Å². The lowest BCUT2D eigenvalue weighted by atomic mass is 9.95. The standard InChI is InChI=1S/C32H31Cl2N5O5/c1-32(2)17-43-8-7-38(32)31(41)29-25-16-44-27-14-26(42-3)23(18-5-4-6-21(9-18)36-28(40)15-35)13-24(27)30(25)39(37-29)22-11-19(33)10-20(34)12-22/h4-6,9-14H,7-8,15-17,35H2,1-3H3,(H,36,40). The van der Waals surface area contributed by atoms with E-state index < -0.39 is 5.54 Å². The van der Waals surface area contributed by atoms with Gasteiger partial charge in [-0.2, -0.15) is 5.10 Å². The van der Waals surface area contributed by atoms with Gasteiger partial charge in [-0.15, -0.1) is 0 Å². The predicted octanol–water partition coefficient (Wildman–Crippen LogP) is 5.56. The third-order valence-electron chi connectivity index (χ3n) is 7.74. The number of fused-ring (bicyclic) bond motifs is 3. The summed E-state index contributed by atoms with van der Waals surface area (Å²) in [7, 11) is 1.58. The Balaban J connectivity index is 1.55. The maximum absolute atomic E-state index is 14.1. The normalized spacial score (nSPS) is 15.2. The Morgan fingerprint density at radius 2 is 1.86 bits per heavy atom. The van der Waals surface area contributed by atoms with Crippen molar-refractivity contribution < 1.29 is 23.8 Å². The lowest BCUT2D eigenvalue weighted by Crippen LogP contribution is -2.55. The number of nitrogens with zero attached hydrogens (tertiary/aromatic N) is 3. The van der Waals surface area contributed by atoms with E-state index in [0.717, 1.165) is 11.1 Å². The monoisotopic (exact) mass is 635 g/mol. The summed E-state index contributed by atoms with van der Waals surface area (Å²) in [6.07, 6.45) is 0. The van der Waals surface area contributed by atoms with Crippen molar-refractivity contribution in [3.8, 4) is 39.6 Å². The molecule has 3 aromatic carbocycles. The Bertz CT molecular complexity index is 1770. The van der Waals surface area contributed by atoms with E-state index in [-0.39, 0.29) is 30.7 Å². The first kappa shape index (κ1) is 30.0. The lowest BCUT2D eigenvalue weighted by Gasteiger charge is -2.41. The fourth-order valence-corrected chi connectivity index (χ4v) is 6.15. The summed E-state index contributed by atoms with van der Waals surface area (Å²) in [5, 5.41) is 8.53. The molecule has 0 bridgehead atoms. The molecule has 12 heteroatoms. The molecule has 0 aliphatic carbocycles. The molecule has 6 rings (SSSR count). The fraction of sp³-hybridized carbons (Fsp3) is 0.281. The number of halogens is 2. The Hall–Kier alpha value is -4.09. The topological polar surface area (TPSA) is 121 Å². The van der Waals surface area contributed by atoms with Gasteiger partial charge in [0.25, 0.3) is 5.91 Å². The van der Waals surface area contributed by atoms with E-state index in [2.05, 4.69) is 5.32 Å². The number of carbonyl (C=O) groups is 2. The first-order chi connectivity index (χ1) is 21.1. The van der Waals surface area contributed by atoms with Gasteiger partial charge in [-0.1, -0.05) is 35.3 Å². The molecule has 1 aromatic heterocycles. The molecule has 0 saturated carbocycles. The van der Waals surface area contributed by atoms with Gasteiger partial charge in [0.1, 0.15) is 18.1 Å². The molecule has 0 atom stereocenters. The fourth-order valence-electron chi connectivity index (χ4n) is 5.63. The van der Waals surface area contributed by atoms with Gasteiger partial charge in [0.05, 0.1) is 43.8 Å². The molecule has 2 aliphatic heterocycles. The van der Waals surface area contributed by atoms with Crippen molar-refractivity contribution in [3.63, 3.8) is 0 Å². The van der Waals surface area contributed by atoms with E-state index in [1.165, 1.54) is 0 Å². The number of carbonyl (C=O) groups excluding carboxylic acids is 2. The number of hydrogen-bond acceptors (Lipinski definition) is 7. The second-order valence-corrected chi connectivity index (χ2v) is 12.1. The second kappa shape index (κ2) is 11.8. The highest BCUT2D eigenvalue weighted by atomic mass is 35.5. The van der Waals surface area contributed by atoms with Gasteiger partial charge >= 0.3 is 0 Å². The van der Waals surface area contributed by atoms with Gasteiger partial charge in [0.15, 0.2) is 5.69 Å². The number of hydrogen-bond donors (Lipinski definition) is 2. The summed E-state index contributed by atoms with van der Waals surface area (Å²) in [5.41, 5.74) is 9.98. The highest BCUT2D eigenvalue weighted by Gasteiger charge is 2.39. The molecule has 3 N–H and O–H groups in total. The zero-order chi connectivity index (χ0) is 31.2. The van der Waals surface area contributed by atoms with E-state index in [4.69, 9.17) is 48.2 Å². The smallest absolute Gasteiger partial charge is 0.275 e. The van der Waals surface area contributed by atoms with E-state index in [0.29, 0.717) is 69.5 Å². The molecule has 3 heterocycles. The molecule has 228 valence electrons. The van der Waals surface area contributed by atoms with E-state index in [1.54, 1.807) is 41.0 Å². The van der Waals surface area contributed by atoms with Crippen LogP contribution >= 0.6 is 23.2 Å². The first-order valence-electron chi connectivity index (χ1n) is 14.0. The molecule has 0 unspecified atom stereocenters. The minimum atomic E-state index is -0.524. The summed E-state index contributed by atoms with van der Waals surface area (Å²) in [6.45, 7) is 5.22. The maximum Gasteiger partial charge on any atom is 0.275 e. The lowest BCUT2D eigenvalue weighted by molar-refractivity contribution is -0.114. The summed E-state index contributed by atoms with van der Waals surface area (Å²) in [6, 6.07) is 16.3. The number of nitrogens with one attached hydrogen (secondary N) is 1. The van der Waals surface area contributed by atoms with Crippen LogP contribution in [0.5, 0.6) is 11.5 Å². The molecule has 0 spiro atoms. The van der Waals surface area contributed by atoms with Crippen molar-refractivity contribution in [2.45, 2.75) is 26.0 Å². The van der Waals surface area contributed by atoms with Crippen molar-refractivity contribution in [1.82, 2.24) is 14.7 Å². The molecule has 44 heavy (non-hydrogen) atoms. The maximum atomic E-state index is 14.1. The van der Waals surface area contributed by atoms with E-state index in [1.807, 2.05) is 44.2 Å². The van der Waals surface area contributed by atoms with Crippen LogP contribution < -0.4 is 20.5 Å². The van der Waals surface area contributed by atoms with Crippen LogP contribution in [0.2, 0.25) is 10.0 Å². The molecule has 2 amide bonds. The van der Waals surface area contributed by atoms with Gasteiger partial charge in [-0.25, -0.2) is 4.68 Å². The number of anilines is 1. The number of morpholine rings is 1. The average Bonchev–Trinajstić information content (AvgIpc) is 3.40. The second-order valence-electron chi connectivity index (χ2n) is 11.2. The van der Waals surface area contributed by atoms with Crippen molar-refractivity contribution in [2.24, 2.45) is 5.73 Å². The molecule has 2 aliphatic rings. The number of rotatable bonds is 6. The highest BCUT2D eigenvalue weighted by molar-refractivity contribution is 6.34. The number of benzene rings is 3. The third kappa shape index (κ3) is 5.50. The van der Waals surface area contributed by atoms with Crippen molar-refractivity contribution in [1.29, 1.82) is 0 Å². The minimum Gasteiger partial charge on any atom is -0.496 e. The van der Waals surface area contributed by atoms with Gasteiger partial charge in [-0.05, 0) is 55.8 Å². The molecular formula is C32H31Cl2N5O5. The van der Waals surface area contributed by atoms with Gasteiger partial charge in [0.2, 0.25) is 5.91 Å². The number of nitrogens with two attached hydrogens (primary N) is 1. The number of aromatic nitrogens is 2. The Morgan fingerprint density at radius 3 is 2.57 bits per heavy atom. The summed E-state index contributed by atoms with van der Waals surface area (Å²) in [4.78, 5) is 27.9. The SMILES string of the molecule is COc1cc2c(cc1-c1cccc(NC(=O)CN)c1)-c1c(c(C(=O)N3CCOCC3(C)C)nn1-c1cc(Cl)cc(Cl)c1)CO2. The quantitative estimate of drug-likeness (QED) is 0.284. The van der Waals surface area contributed by atoms with Crippen LogP contribution in [0.1, 0.15) is 29.9 Å². The molecule has 4 aromatic rings. The first-order valence-corrected chi connectivity index (χ1v) is 14.8. The Labute approximate surface area is 264 Å². The summed E-state index contributed by atoms with van der Waals surface area (Å²) in [5.74, 6) is 0.608. The number of amides is 2. The number of methoxy groups -OCH3 is 1. The Morgan fingerprint density at radius 1 is 1.09 bits per heavy atom. The zero-order valence-electron chi connectivity index (χ0n) is 24.4. The van der Waals surface area contributed by atoms with Crippen LogP contribution in [0.4, 0.5) is 5.69 Å². The highest BCUT2D eigenvalue weighted by Crippen LogP contribution is 2.46. The molecular weight excluding hydrogens is 605 g/mol. The van der Waals surface area contributed by atoms with Crippen LogP contribution in [-0.2, 0) is 16.1 Å². The summed E-state index contributed by atoms with van der Waals surface area (Å²) >= 11 is 12.8. The molecule has 0 radical (unpaired) electrons. The van der Waals surface area contributed by atoms with Gasteiger partial charge in [-0.3, -0.25) is 9.59 Å². The third-order valence-corrected chi connectivity index (χ3v) is 8.18. The zero-order valence-corrected chi connectivity index (χ0v) is 26.0. The minimum absolute atomic E-state index is 0.117. The molecule has 1 fully saturated rings. The van der Waals surface area contributed by atoms with Crippen molar-refractivity contribution in [3.05, 3.63) is 75.9 Å². The summed E-state index contributed by atoms with van der Waals surface area (Å²) < 4.78 is 19.4. The van der Waals surface area contributed by atoms with Gasteiger partial charge in [0, 0.05) is 45.0 Å². The van der Waals surface area contributed by atoms with Gasteiger partial charge < -0.3 is 30.2 Å². The van der Waals surface area contributed by atoms with E-state index in [9.17, 15) is 9.59 Å². The Kier molecular flexibility index (Phi) is 8.02. The number of ether oxygens (including phenoxy) is 3. The largest absolute Gasteiger partial charge is 0.496 e. The van der Waals surface area contributed by atoms with Crippen molar-refractivity contribution >= 4 is 40.7 Å². The van der Waals surface area contributed by atoms with Crippen LogP contribution in [0.15, 0.2) is 54.6 Å². The predicted molar refractivity (Wildman–Crippen MR) is 169 cm³/mol. The van der Waals surface area contributed by atoms with Crippen molar-refractivity contribution in [2.75, 3.05) is 38.7 Å². The average molecular weight is 637 g/mol. The molecule has 10 nitrogen and oxygen atoms in total. The van der Waals surface area contributed by atoms with Crippen LogP contribution in [0.25, 0.3) is 28.1 Å². The molecule has 1 saturated heterocycles.